The summed E-state index contributed by atoms with van der Waals surface area (Å²) in [6, 6.07) is 0. The molecule has 1 nitrogen and oxygen atoms in total. The van der Waals surface area contributed by atoms with E-state index in [9.17, 15) is 4.79 Å². The quantitative estimate of drug-likeness (QED) is 0.289. The third-order valence-corrected chi connectivity index (χ3v) is 1.96. The molecule has 0 aromatic rings. The molecule has 0 aromatic carbocycles. The molecule has 0 atom stereocenters. The molecule has 0 bridgehead atoms. The van der Waals surface area contributed by atoms with E-state index >= 15 is 0 Å². The van der Waals surface area contributed by atoms with E-state index in [1.54, 1.807) is 6.08 Å². The first kappa shape index (κ1) is 10.7. The van der Waals surface area contributed by atoms with Crippen LogP contribution in [0.3, 0.4) is 0 Å². The molecule has 0 fully saturated rings. The van der Waals surface area contributed by atoms with Crippen LogP contribution in [-0.4, -0.2) is 11.3 Å². The summed E-state index contributed by atoms with van der Waals surface area (Å²) in [4.78, 5) is 10.3. The molecule has 0 N–H and O–H groups in total. The Labute approximate surface area is 76.3 Å². The Balaban J connectivity index is 3.53. The minimum Gasteiger partial charge on any atom is -0.234 e. The first-order valence-electron chi connectivity index (χ1n) is 3.74. The Bertz CT molecular complexity index is 157. The van der Waals surface area contributed by atoms with Gasteiger partial charge in [0, 0.05) is 10.9 Å². The number of hydrogen-bond donors (Lipinski definition) is 0. The molecule has 0 heterocycles. The van der Waals surface area contributed by atoms with Crippen molar-refractivity contribution in [3.8, 4) is 0 Å². The lowest BCUT2D eigenvalue weighted by atomic mass is 10.1. The van der Waals surface area contributed by atoms with Crippen LogP contribution in [0, 0.1) is 0 Å². The van der Waals surface area contributed by atoms with Crippen LogP contribution < -0.4 is 0 Å². The number of hydrogen-bond acceptors (Lipinski definition) is 1. The summed E-state index contributed by atoms with van der Waals surface area (Å²) in [5.41, 5.74) is 0.834. The Hall–Kier alpha value is -0.330. The molecule has 62 valence electrons. The summed E-state index contributed by atoms with van der Waals surface area (Å²) < 4.78 is 0. The molecule has 0 saturated heterocycles. The van der Waals surface area contributed by atoms with Gasteiger partial charge < -0.3 is 0 Å². The molecule has 2 heteroatoms. The lowest BCUT2D eigenvalue weighted by Gasteiger charge is -1.97. The van der Waals surface area contributed by atoms with E-state index in [-0.39, 0.29) is 0 Å². The predicted molar refractivity (Wildman–Crippen MR) is 51.7 cm³/mol. The maximum atomic E-state index is 10.3. The highest BCUT2D eigenvalue weighted by Crippen LogP contribution is 2.09. The maximum absolute atomic E-state index is 10.3. The van der Waals surface area contributed by atoms with Crippen LogP contribution in [0.25, 0.3) is 0 Å². The summed E-state index contributed by atoms with van der Waals surface area (Å²) >= 11 is 3.33. The van der Waals surface area contributed by atoms with Crippen molar-refractivity contribution in [2.24, 2.45) is 0 Å². The average Bonchev–Trinajstić information content (AvgIpc) is 2.03. The van der Waals surface area contributed by atoms with Gasteiger partial charge in [-0.05, 0) is 25.7 Å². The van der Waals surface area contributed by atoms with Gasteiger partial charge >= 0.3 is 0 Å². The number of alkyl halides is 1. The van der Waals surface area contributed by atoms with Gasteiger partial charge in [0.2, 0.25) is 0 Å². The van der Waals surface area contributed by atoms with Crippen LogP contribution in [0.5, 0.6) is 0 Å². The van der Waals surface area contributed by atoms with Gasteiger partial charge in [-0.1, -0.05) is 22.0 Å². The molecule has 0 spiro atoms. The van der Waals surface area contributed by atoms with Crippen molar-refractivity contribution in [3.05, 3.63) is 18.2 Å². The molecule has 0 saturated carbocycles. The van der Waals surface area contributed by atoms with Crippen molar-refractivity contribution in [1.82, 2.24) is 0 Å². The molecule has 0 radical (unpaired) electrons. The second-order valence-corrected chi connectivity index (χ2v) is 3.14. The van der Waals surface area contributed by atoms with Gasteiger partial charge in [0.25, 0.3) is 0 Å². The number of rotatable bonds is 6. The Kier molecular flexibility index (Phi) is 7.54. The van der Waals surface area contributed by atoms with Gasteiger partial charge in [-0.25, -0.2) is 4.79 Å². The van der Waals surface area contributed by atoms with Crippen LogP contribution in [0.1, 0.15) is 25.7 Å². The fourth-order valence-electron chi connectivity index (χ4n) is 0.802. The third-order valence-electron chi connectivity index (χ3n) is 1.40. The summed E-state index contributed by atoms with van der Waals surface area (Å²) in [5.74, 6) is 1.94. The van der Waals surface area contributed by atoms with E-state index in [1.165, 1.54) is 0 Å². The molecule has 0 rings (SSSR count). The topological polar surface area (TPSA) is 17.1 Å². The van der Waals surface area contributed by atoms with E-state index in [0.29, 0.717) is 6.42 Å². The highest BCUT2D eigenvalue weighted by atomic mass is 79.9. The molecular formula is C9H13BrO. The summed E-state index contributed by atoms with van der Waals surface area (Å²) in [5, 5.41) is 1.01. The average molecular weight is 217 g/mol. The number of carbonyl (C=O) groups excluding carboxylic acids is 1. The standard InChI is InChI=1S/C9H13BrO/c1-2-5-9(8-11)6-3-4-7-10/h2H,1,3-7H2. The van der Waals surface area contributed by atoms with Gasteiger partial charge in [0.15, 0.2) is 0 Å². The lowest BCUT2D eigenvalue weighted by molar-refractivity contribution is 0.564. The van der Waals surface area contributed by atoms with Crippen LogP contribution in [0.15, 0.2) is 18.2 Å². The molecule has 0 aliphatic rings. The van der Waals surface area contributed by atoms with Crippen LogP contribution in [0.4, 0.5) is 0 Å². The monoisotopic (exact) mass is 216 g/mol. The van der Waals surface area contributed by atoms with Crippen LogP contribution >= 0.6 is 15.9 Å². The van der Waals surface area contributed by atoms with Crippen molar-refractivity contribution in [3.63, 3.8) is 0 Å². The first-order valence-corrected chi connectivity index (χ1v) is 4.87. The first-order chi connectivity index (χ1) is 5.35. The number of allylic oxidation sites excluding steroid dienone is 2. The van der Waals surface area contributed by atoms with E-state index in [0.717, 1.165) is 30.2 Å². The van der Waals surface area contributed by atoms with Crippen molar-refractivity contribution in [2.45, 2.75) is 25.7 Å². The Morgan fingerprint density at radius 2 is 2.27 bits per heavy atom. The molecule has 0 aliphatic carbocycles. The van der Waals surface area contributed by atoms with E-state index in [4.69, 9.17) is 0 Å². The zero-order valence-corrected chi connectivity index (χ0v) is 8.19. The summed E-state index contributed by atoms with van der Waals surface area (Å²) in [6.07, 6.45) is 5.47. The van der Waals surface area contributed by atoms with Crippen molar-refractivity contribution >= 4 is 21.9 Å². The SMILES string of the molecule is C=CCC(=C=O)CCCCBr. The fourth-order valence-corrected chi connectivity index (χ4v) is 1.20. The predicted octanol–water partition coefficient (Wildman–Crippen LogP) is 2.89. The number of unbranched alkanes of at least 4 members (excludes halogenated alkanes) is 1. The number of halogens is 1. The zero-order chi connectivity index (χ0) is 8.53. The third kappa shape index (κ3) is 6.08. The van der Waals surface area contributed by atoms with Gasteiger partial charge in [0.05, 0.1) is 0 Å². The second-order valence-electron chi connectivity index (χ2n) is 2.34. The maximum Gasteiger partial charge on any atom is 0.123 e. The smallest absolute Gasteiger partial charge is 0.123 e. The second kappa shape index (κ2) is 7.77. The van der Waals surface area contributed by atoms with Gasteiger partial charge in [0.1, 0.15) is 5.94 Å². The summed E-state index contributed by atoms with van der Waals surface area (Å²) in [7, 11) is 0. The molecular weight excluding hydrogens is 204 g/mol. The van der Waals surface area contributed by atoms with E-state index in [1.807, 2.05) is 5.94 Å². The fraction of sp³-hybridized carbons (Fsp3) is 0.556. The molecule has 11 heavy (non-hydrogen) atoms. The van der Waals surface area contributed by atoms with E-state index < -0.39 is 0 Å². The largest absolute Gasteiger partial charge is 0.234 e. The normalized spacial score (nSPS) is 8.82. The van der Waals surface area contributed by atoms with Gasteiger partial charge in [-0.15, -0.1) is 6.58 Å². The molecule has 0 amide bonds. The van der Waals surface area contributed by atoms with Gasteiger partial charge in [-0.2, -0.15) is 0 Å². The highest BCUT2D eigenvalue weighted by molar-refractivity contribution is 9.09. The van der Waals surface area contributed by atoms with Crippen molar-refractivity contribution in [1.29, 1.82) is 0 Å². The van der Waals surface area contributed by atoms with Crippen molar-refractivity contribution in [2.75, 3.05) is 5.33 Å². The van der Waals surface area contributed by atoms with Crippen molar-refractivity contribution < 1.29 is 4.79 Å². The minimum atomic E-state index is 0.686. The van der Waals surface area contributed by atoms with E-state index in [2.05, 4.69) is 22.5 Å². The lowest BCUT2D eigenvalue weighted by Crippen LogP contribution is -1.84. The molecule has 0 aliphatic heterocycles. The van der Waals surface area contributed by atoms with Crippen LogP contribution in [-0.2, 0) is 4.79 Å². The Morgan fingerprint density at radius 1 is 1.55 bits per heavy atom. The summed E-state index contributed by atoms with van der Waals surface area (Å²) in [6.45, 7) is 3.57. The molecule has 0 unspecified atom stereocenters. The zero-order valence-electron chi connectivity index (χ0n) is 6.61. The highest BCUT2D eigenvalue weighted by Gasteiger charge is 1.94. The van der Waals surface area contributed by atoms with Crippen LogP contribution in [0.2, 0.25) is 0 Å². The minimum absolute atomic E-state index is 0.686. The molecule has 0 aromatic heterocycles. The Morgan fingerprint density at radius 3 is 2.73 bits per heavy atom. The van der Waals surface area contributed by atoms with Gasteiger partial charge in [-0.3, -0.25) is 0 Å².